The van der Waals surface area contributed by atoms with E-state index in [1.807, 2.05) is 6.92 Å². The number of aromatic nitrogens is 2. The lowest BCUT2D eigenvalue weighted by Gasteiger charge is -2.15. The molecule has 0 atom stereocenters. The Hall–Kier alpha value is -1.81. The minimum absolute atomic E-state index is 0.349. The minimum Gasteiger partial charge on any atom is -0.384 e. The lowest BCUT2D eigenvalue weighted by atomic mass is 10.1. The fraction of sp³-hybridized carbons (Fsp3) is 0.438. The molecule has 0 saturated carbocycles. The highest BCUT2D eigenvalue weighted by Crippen LogP contribution is 2.21. The Labute approximate surface area is 120 Å². The van der Waals surface area contributed by atoms with Crippen molar-refractivity contribution in [2.75, 3.05) is 19.0 Å². The van der Waals surface area contributed by atoms with Gasteiger partial charge in [0.05, 0.1) is 18.0 Å². The van der Waals surface area contributed by atoms with Gasteiger partial charge in [0.1, 0.15) is 0 Å². The van der Waals surface area contributed by atoms with Gasteiger partial charge in [-0.3, -0.25) is 4.57 Å². The zero-order valence-electron chi connectivity index (χ0n) is 12.7. The number of rotatable bonds is 6. The van der Waals surface area contributed by atoms with Crippen LogP contribution in [0.2, 0.25) is 0 Å². The third-order valence-electron chi connectivity index (χ3n) is 3.07. The summed E-state index contributed by atoms with van der Waals surface area (Å²) in [5.74, 6) is 0.891. The highest BCUT2D eigenvalue weighted by Gasteiger charge is 2.11. The normalized spacial score (nSPS) is 11.1. The summed E-state index contributed by atoms with van der Waals surface area (Å²) in [7, 11) is 1.73. The van der Waals surface area contributed by atoms with Crippen LogP contribution in [0.1, 0.15) is 25.1 Å². The van der Waals surface area contributed by atoms with E-state index in [9.17, 15) is 0 Å². The monoisotopic (exact) mass is 273 g/mol. The minimum atomic E-state index is 0.349. The van der Waals surface area contributed by atoms with E-state index in [1.54, 1.807) is 7.11 Å². The zero-order valence-corrected chi connectivity index (χ0v) is 12.7. The van der Waals surface area contributed by atoms with Gasteiger partial charge < -0.3 is 10.1 Å². The molecule has 20 heavy (non-hydrogen) atoms. The van der Waals surface area contributed by atoms with Gasteiger partial charge in [-0.2, -0.15) is 0 Å². The molecule has 4 nitrogen and oxygen atoms in total. The van der Waals surface area contributed by atoms with Gasteiger partial charge >= 0.3 is 0 Å². The van der Waals surface area contributed by atoms with Crippen LogP contribution >= 0.6 is 0 Å². The highest BCUT2D eigenvalue weighted by atomic mass is 16.5. The second kappa shape index (κ2) is 6.57. The predicted molar refractivity (Wildman–Crippen MR) is 82.6 cm³/mol. The largest absolute Gasteiger partial charge is 0.384 e. The molecule has 1 N–H and O–H groups in total. The lowest BCUT2D eigenvalue weighted by Crippen LogP contribution is -2.14. The first-order valence-electron chi connectivity index (χ1n) is 7.01. The van der Waals surface area contributed by atoms with Crippen molar-refractivity contribution in [2.24, 2.45) is 0 Å². The molecule has 0 radical (unpaired) electrons. The lowest BCUT2D eigenvalue weighted by molar-refractivity contribution is 0.202. The molecule has 0 spiro atoms. The molecule has 0 unspecified atom stereocenters. The van der Waals surface area contributed by atoms with Crippen molar-refractivity contribution in [1.29, 1.82) is 0 Å². The number of benzene rings is 1. The maximum Gasteiger partial charge on any atom is 0.207 e. The molecular weight excluding hydrogens is 250 g/mol. The third-order valence-corrected chi connectivity index (χ3v) is 3.07. The fourth-order valence-electron chi connectivity index (χ4n) is 2.21. The van der Waals surface area contributed by atoms with E-state index in [-0.39, 0.29) is 0 Å². The fourth-order valence-corrected chi connectivity index (χ4v) is 2.21. The van der Waals surface area contributed by atoms with Crippen LogP contribution in [-0.2, 0) is 11.2 Å². The van der Waals surface area contributed by atoms with Gasteiger partial charge in [-0.1, -0.05) is 18.2 Å². The Morgan fingerprint density at radius 2 is 2.05 bits per heavy atom. The summed E-state index contributed by atoms with van der Waals surface area (Å²) >= 11 is 0. The summed E-state index contributed by atoms with van der Waals surface area (Å²) in [6.45, 7) is 6.97. The topological polar surface area (TPSA) is 39.1 Å². The number of ether oxygens (including phenoxy) is 1. The van der Waals surface area contributed by atoms with Crippen LogP contribution < -0.4 is 5.32 Å². The van der Waals surface area contributed by atoms with Crippen LogP contribution in [0.4, 0.5) is 5.95 Å². The smallest absolute Gasteiger partial charge is 0.207 e. The van der Waals surface area contributed by atoms with Crippen LogP contribution in [-0.4, -0.2) is 29.3 Å². The number of methoxy groups -OCH3 is 1. The van der Waals surface area contributed by atoms with Gasteiger partial charge in [-0.05, 0) is 38.8 Å². The van der Waals surface area contributed by atoms with Crippen molar-refractivity contribution in [3.05, 3.63) is 41.7 Å². The summed E-state index contributed by atoms with van der Waals surface area (Å²) in [5, 5.41) is 3.40. The predicted octanol–water partition coefficient (Wildman–Crippen LogP) is 3.19. The molecule has 108 valence electrons. The summed E-state index contributed by atoms with van der Waals surface area (Å²) < 4.78 is 7.32. The van der Waals surface area contributed by atoms with Crippen molar-refractivity contribution in [3.63, 3.8) is 0 Å². The van der Waals surface area contributed by atoms with E-state index in [0.717, 1.165) is 30.4 Å². The number of para-hydroxylation sites is 1. The first kappa shape index (κ1) is 14.6. The van der Waals surface area contributed by atoms with Gasteiger partial charge in [0.2, 0.25) is 5.95 Å². The van der Waals surface area contributed by atoms with Crippen LogP contribution in [0.25, 0.3) is 5.69 Å². The molecule has 4 heteroatoms. The molecule has 1 aromatic heterocycles. The quantitative estimate of drug-likeness (QED) is 0.878. The highest BCUT2D eigenvalue weighted by molar-refractivity contribution is 5.48. The molecule has 0 bridgehead atoms. The third kappa shape index (κ3) is 3.39. The van der Waals surface area contributed by atoms with Crippen LogP contribution in [0.15, 0.2) is 30.5 Å². The Kier molecular flexibility index (Phi) is 4.79. The van der Waals surface area contributed by atoms with Gasteiger partial charge in [0, 0.05) is 19.3 Å². The first-order chi connectivity index (χ1) is 9.61. The molecule has 0 fully saturated rings. The molecular formula is C16H23N3O. The maximum absolute atomic E-state index is 5.20. The van der Waals surface area contributed by atoms with Gasteiger partial charge in [-0.15, -0.1) is 0 Å². The molecule has 2 rings (SSSR count). The van der Waals surface area contributed by atoms with Crippen LogP contribution in [0.3, 0.4) is 0 Å². The number of hydrogen-bond acceptors (Lipinski definition) is 3. The molecule has 0 aliphatic carbocycles. The number of aryl methyl sites for hydroxylation is 1. The number of nitrogens with zero attached hydrogens (tertiary/aromatic N) is 2. The van der Waals surface area contributed by atoms with Crippen molar-refractivity contribution >= 4 is 5.95 Å². The van der Waals surface area contributed by atoms with E-state index in [1.165, 1.54) is 5.56 Å². The number of nitrogens with one attached hydrogen (secondary N) is 1. The summed E-state index contributed by atoms with van der Waals surface area (Å²) in [5.41, 5.74) is 3.43. The maximum atomic E-state index is 5.20. The molecule has 2 aromatic rings. The molecule has 0 aliphatic rings. The Bertz CT molecular complexity index is 561. The van der Waals surface area contributed by atoms with E-state index >= 15 is 0 Å². The zero-order chi connectivity index (χ0) is 14.5. The molecule has 0 aliphatic heterocycles. The summed E-state index contributed by atoms with van der Waals surface area (Å²) in [6, 6.07) is 8.73. The molecule has 1 heterocycles. The van der Waals surface area contributed by atoms with Gasteiger partial charge in [-0.25, -0.2) is 4.98 Å². The van der Waals surface area contributed by atoms with Crippen molar-refractivity contribution in [1.82, 2.24) is 9.55 Å². The summed E-state index contributed by atoms with van der Waals surface area (Å²) in [6.07, 6.45) is 2.96. The Balaban J connectivity index is 2.40. The van der Waals surface area contributed by atoms with E-state index in [0.29, 0.717) is 6.04 Å². The second-order valence-electron chi connectivity index (χ2n) is 5.25. The standard InChI is InChI=1S/C16H23N3O/c1-12(2)17-16-18-13(3)11-19(16)15-8-6-5-7-14(15)9-10-20-4/h5-8,11-12H,9-10H2,1-4H3,(H,17,18). The average Bonchev–Trinajstić information content (AvgIpc) is 2.76. The van der Waals surface area contributed by atoms with Crippen molar-refractivity contribution < 1.29 is 4.74 Å². The number of imidazole rings is 1. The van der Waals surface area contributed by atoms with Crippen molar-refractivity contribution in [2.45, 2.75) is 33.2 Å². The van der Waals surface area contributed by atoms with Crippen LogP contribution in [0, 0.1) is 6.92 Å². The summed E-state index contributed by atoms with van der Waals surface area (Å²) in [4.78, 5) is 4.57. The Morgan fingerprint density at radius 1 is 1.30 bits per heavy atom. The van der Waals surface area contributed by atoms with Gasteiger partial charge in [0.25, 0.3) is 0 Å². The molecule has 1 aromatic carbocycles. The number of hydrogen-bond donors (Lipinski definition) is 1. The van der Waals surface area contributed by atoms with E-state index in [4.69, 9.17) is 4.74 Å². The molecule has 0 amide bonds. The first-order valence-corrected chi connectivity index (χ1v) is 7.01. The Morgan fingerprint density at radius 3 is 2.75 bits per heavy atom. The number of anilines is 1. The van der Waals surface area contributed by atoms with E-state index in [2.05, 4.69) is 59.2 Å². The SMILES string of the molecule is COCCc1ccccc1-n1cc(C)nc1NC(C)C. The van der Waals surface area contributed by atoms with Gasteiger partial charge in [0.15, 0.2) is 0 Å². The van der Waals surface area contributed by atoms with Crippen molar-refractivity contribution in [3.8, 4) is 5.69 Å². The average molecular weight is 273 g/mol. The second-order valence-corrected chi connectivity index (χ2v) is 5.25. The van der Waals surface area contributed by atoms with Crippen LogP contribution in [0.5, 0.6) is 0 Å². The molecule has 0 saturated heterocycles. The van der Waals surface area contributed by atoms with E-state index < -0.39 is 0 Å².